The lowest BCUT2D eigenvalue weighted by atomic mass is 10.1. The minimum atomic E-state index is -4.37. The van der Waals surface area contributed by atoms with Crippen molar-refractivity contribution in [3.05, 3.63) is 65.2 Å². The molecule has 1 saturated heterocycles. The molecule has 0 saturated carbocycles. The van der Waals surface area contributed by atoms with Crippen LogP contribution >= 0.6 is 0 Å². The molecule has 1 heterocycles. The Morgan fingerprint density at radius 1 is 0.968 bits per heavy atom. The summed E-state index contributed by atoms with van der Waals surface area (Å²) >= 11 is 0. The molecule has 2 amide bonds. The van der Waals surface area contributed by atoms with Gasteiger partial charge in [-0.05, 0) is 67.7 Å². The first-order chi connectivity index (χ1) is 14.8. The number of rotatable bonds is 7. The molecule has 1 aliphatic rings. The zero-order chi connectivity index (χ0) is 22.3. The molecule has 2 aromatic carbocycles. The monoisotopic (exact) mass is 433 g/mol. The number of likely N-dealkylation sites (tertiary alicyclic amines) is 1. The van der Waals surface area contributed by atoms with E-state index in [-0.39, 0.29) is 12.6 Å². The Labute approximate surface area is 182 Å². The summed E-state index contributed by atoms with van der Waals surface area (Å²) in [5.74, 6) is 0. The van der Waals surface area contributed by atoms with Gasteiger partial charge in [-0.2, -0.15) is 13.2 Å². The summed E-state index contributed by atoms with van der Waals surface area (Å²) in [4.78, 5) is 17.0. The Bertz CT molecular complexity index is 829. The van der Waals surface area contributed by atoms with Crippen molar-refractivity contribution in [1.29, 1.82) is 0 Å². The molecule has 0 unspecified atom stereocenters. The highest BCUT2D eigenvalue weighted by atomic mass is 19.4. The highest BCUT2D eigenvalue weighted by Crippen LogP contribution is 2.29. The summed E-state index contributed by atoms with van der Waals surface area (Å²) in [5, 5.41) is 2.93. The molecule has 1 aliphatic heterocycles. The first kappa shape index (κ1) is 23.1. The Balaban J connectivity index is 1.68. The lowest BCUT2D eigenvalue weighted by Gasteiger charge is -2.30. The van der Waals surface area contributed by atoms with Crippen molar-refractivity contribution in [2.24, 2.45) is 0 Å². The van der Waals surface area contributed by atoms with Crippen LogP contribution in [-0.4, -0.2) is 42.0 Å². The van der Waals surface area contributed by atoms with Gasteiger partial charge in [0.05, 0.1) is 5.56 Å². The summed E-state index contributed by atoms with van der Waals surface area (Å²) < 4.78 is 38.6. The van der Waals surface area contributed by atoms with Gasteiger partial charge < -0.3 is 15.1 Å². The van der Waals surface area contributed by atoms with E-state index in [2.05, 4.69) is 17.1 Å². The molecule has 7 heteroatoms. The van der Waals surface area contributed by atoms with Crippen LogP contribution in [0.3, 0.4) is 0 Å². The van der Waals surface area contributed by atoms with Crippen LogP contribution in [0.15, 0.2) is 48.5 Å². The van der Waals surface area contributed by atoms with Crippen LogP contribution in [-0.2, 0) is 19.1 Å². The van der Waals surface area contributed by atoms with Crippen LogP contribution in [0.1, 0.15) is 42.9 Å². The third-order valence-corrected chi connectivity index (χ3v) is 5.69. The number of amides is 2. The SMILES string of the molecule is CCc1ccc(NC(=O)N(CCN2CCCCC2)Cc2ccc(C(F)(F)F)cc2)cc1. The van der Waals surface area contributed by atoms with Gasteiger partial charge in [-0.15, -0.1) is 0 Å². The fourth-order valence-corrected chi connectivity index (χ4v) is 3.74. The van der Waals surface area contributed by atoms with E-state index < -0.39 is 11.7 Å². The molecule has 2 aromatic rings. The average Bonchev–Trinajstić information content (AvgIpc) is 2.77. The highest BCUT2D eigenvalue weighted by Gasteiger charge is 2.30. The maximum Gasteiger partial charge on any atom is 0.416 e. The minimum absolute atomic E-state index is 0.249. The first-order valence-corrected chi connectivity index (χ1v) is 10.9. The van der Waals surface area contributed by atoms with Crippen molar-refractivity contribution < 1.29 is 18.0 Å². The lowest BCUT2D eigenvalue weighted by Crippen LogP contribution is -2.41. The molecule has 1 N–H and O–H groups in total. The van der Waals surface area contributed by atoms with Gasteiger partial charge in [-0.1, -0.05) is 37.6 Å². The second-order valence-electron chi connectivity index (χ2n) is 8.00. The Kier molecular flexibility index (Phi) is 7.96. The van der Waals surface area contributed by atoms with Crippen molar-refractivity contribution in [1.82, 2.24) is 9.80 Å². The Morgan fingerprint density at radius 3 is 2.16 bits per heavy atom. The molecule has 0 aliphatic carbocycles. The molecule has 3 rings (SSSR count). The maximum atomic E-state index is 13.0. The van der Waals surface area contributed by atoms with Crippen molar-refractivity contribution in [3.8, 4) is 0 Å². The second-order valence-corrected chi connectivity index (χ2v) is 8.00. The molecular formula is C24H30F3N3O. The van der Waals surface area contributed by atoms with E-state index in [1.807, 2.05) is 24.3 Å². The van der Waals surface area contributed by atoms with Crippen molar-refractivity contribution >= 4 is 11.7 Å². The van der Waals surface area contributed by atoms with Gasteiger partial charge in [-0.3, -0.25) is 0 Å². The summed E-state index contributed by atoms with van der Waals surface area (Å²) in [6.07, 6.45) is 0.113. The van der Waals surface area contributed by atoms with Gasteiger partial charge in [0.25, 0.3) is 0 Å². The minimum Gasteiger partial charge on any atom is -0.319 e. The number of nitrogens with zero attached hydrogens (tertiary/aromatic N) is 2. The number of anilines is 1. The molecular weight excluding hydrogens is 403 g/mol. The van der Waals surface area contributed by atoms with Crippen molar-refractivity contribution in [2.75, 3.05) is 31.5 Å². The number of carbonyl (C=O) groups is 1. The number of nitrogens with one attached hydrogen (secondary N) is 1. The number of piperidine rings is 1. The quantitative estimate of drug-likeness (QED) is 0.600. The summed E-state index contributed by atoms with van der Waals surface area (Å²) in [7, 11) is 0. The van der Waals surface area contributed by atoms with Crippen LogP contribution < -0.4 is 5.32 Å². The molecule has 31 heavy (non-hydrogen) atoms. The van der Waals surface area contributed by atoms with Crippen LogP contribution in [0.25, 0.3) is 0 Å². The molecule has 0 atom stereocenters. The number of alkyl halides is 3. The van der Waals surface area contributed by atoms with Gasteiger partial charge in [0.15, 0.2) is 0 Å². The van der Waals surface area contributed by atoms with E-state index in [1.165, 1.54) is 24.1 Å². The zero-order valence-electron chi connectivity index (χ0n) is 17.9. The van der Waals surface area contributed by atoms with Gasteiger partial charge in [0.1, 0.15) is 0 Å². The first-order valence-electron chi connectivity index (χ1n) is 10.9. The summed E-state index contributed by atoms with van der Waals surface area (Å²) in [6.45, 7) is 5.63. The molecule has 4 nitrogen and oxygen atoms in total. The number of aryl methyl sites for hydroxylation is 1. The number of hydrogen-bond acceptors (Lipinski definition) is 2. The third kappa shape index (κ3) is 6.99. The summed E-state index contributed by atoms with van der Waals surface area (Å²) in [5.41, 5.74) is 1.88. The molecule has 0 radical (unpaired) electrons. The highest BCUT2D eigenvalue weighted by molar-refractivity contribution is 5.89. The summed E-state index contributed by atoms with van der Waals surface area (Å²) in [6, 6.07) is 12.5. The van der Waals surface area contributed by atoms with E-state index in [0.717, 1.165) is 51.0 Å². The normalized spacial score (nSPS) is 15.0. The maximum absolute atomic E-state index is 13.0. The van der Waals surface area contributed by atoms with E-state index in [0.29, 0.717) is 17.8 Å². The standard InChI is InChI=1S/C24H30F3N3O/c1-2-19-8-12-22(13-9-19)28-23(31)30(17-16-29-14-4-3-5-15-29)18-20-6-10-21(11-7-20)24(25,26)27/h6-13H,2-5,14-18H2,1H3,(H,28,31). The predicted octanol–water partition coefficient (Wildman–Crippen LogP) is 5.79. The molecule has 0 bridgehead atoms. The van der Waals surface area contributed by atoms with E-state index in [4.69, 9.17) is 0 Å². The van der Waals surface area contributed by atoms with Crippen molar-refractivity contribution in [3.63, 3.8) is 0 Å². The molecule has 168 valence electrons. The van der Waals surface area contributed by atoms with E-state index in [1.54, 1.807) is 4.90 Å². The van der Waals surface area contributed by atoms with Gasteiger partial charge >= 0.3 is 12.2 Å². The van der Waals surface area contributed by atoms with Crippen molar-refractivity contribution in [2.45, 2.75) is 45.3 Å². The number of hydrogen-bond donors (Lipinski definition) is 1. The Morgan fingerprint density at radius 2 is 1.58 bits per heavy atom. The van der Waals surface area contributed by atoms with Gasteiger partial charge in [0, 0.05) is 25.3 Å². The van der Waals surface area contributed by atoms with Crippen LogP contribution in [0.2, 0.25) is 0 Å². The van der Waals surface area contributed by atoms with Gasteiger partial charge in [-0.25, -0.2) is 4.79 Å². The van der Waals surface area contributed by atoms with Gasteiger partial charge in [0.2, 0.25) is 0 Å². The zero-order valence-corrected chi connectivity index (χ0v) is 17.9. The number of benzene rings is 2. The van der Waals surface area contributed by atoms with E-state index >= 15 is 0 Å². The molecule has 0 aromatic heterocycles. The van der Waals surface area contributed by atoms with E-state index in [9.17, 15) is 18.0 Å². The lowest BCUT2D eigenvalue weighted by molar-refractivity contribution is -0.137. The second kappa shape index (κ2) is 10.7. The van der Waals surface area contributed by atoms with Crippen LogP contribution in [0.5, 0.6) is 0 Å². The average molecular weight is 434 g/mol. The fraction of sp³-hybridized carbons (Fsp3) is 0.458. The topological polar surface area (TPSA) is 35.6 Å². The molecule has 1 fully saturated rings. The smallest absolute Gasteiger partial charge is 0.319 e. The predicted molar refractivity (Wildman–Crippen MR) is 117 cm³/mol. The van der Waals surface area contributed by atoms with Crippen LogP contribution in [0.4, 0.5) is 23.7 Å². The Hall–Kier alpha value is -2.54. The fourth-order valence-electron chi connectivity index (χ4n) is 3.74. The third-order valence-electron chi connectivity index (χ3n) is 5.69. The number of urea groups is 1. The number of halogens is 3. The van der Waals surface area contributed by atoms with Crippen LogP contribution in [0, 0.1) is 0 Å². The largest absolute Gasteiger partial charge is 0.416 e. The molecule has 0 spiro atoms. The number of carbonyl (C=O) groups excluding carboxylic acids is 1.